The van der Waals surface area contributed by atoms with Crippen molar-refractivity contribution in [2.45, 2.75) is 23.5 Å². The molecule has 0 unspecified atom stereocenters. The van der Waals surface area contributed by atoms with E-state index in [2.05, 4.69) is 10.3 Å². The zero-order valence-electron chi connectivity index (χ0n) is 18.6. The zero-order chi connectivity index (χ0) is 25.9. The fourth-order valence-corrected chi connectivity index (χ4v) is 4.38. The minimum atomic E-state index is -5.39. The van der Waals surface area contributed by atoms with Crippen molar-refractivity contribution in [1.29, 1.82) is 0 Å². The Labute approximate surface area is 210 Å². The first-order chi connectivity index (χ1) is 17.0. The van der Waals surface area contributed by atoms with Gasteiger partial charge in [-0.2, -0.15) is 13.2 Å². The SMILES string of the molecule is O=C(NCc1ccc(Cl)cc1)c1cc(CN2C=CN(c3ccc(S(=O)(=O)C(F)(F)F)cc3)C2)ccn1. The largest absolute Gasteiger partial charge is 0.501 e. The van der Waals surface area contributed by atoms with Crippen LogP contribution in [0.25, 0.3) is 0 Å². The number of hydrogen-bond acceptors (Lipinski definition) is 6. The smallest absolute Gasteiger partial charge is 0.354 e. The molecule has 36 heavy (non-hydrogen) atoms. The van der Waals surface area contributed by atoms with Gasteiger partial charge in [0.1, 0.15) is 5.69 Å². The summed E-state index contributed by atoms with van der Waals surface area (Å²) in [6.07, 6.45) is 5.07. The average molecular weight is 537 g/mol. The lowest BCUT2D eigenvalue weighted by Gasteiger charge is -2.22. The van der Waals surface area contributed by atoms with Crippen LogP contribution in [0.15, 0.2) is 84.2 Å². The fraction of sp³-hybridized carbons (Fsp3) is 0.167. The molecule has 1 aromatic heterocycles. The van der Waals surface area contributed by atoms with Gasteiger partial charge < -0.3 is 15.1 Å². The van der Waals surface area contributed by atoms with Crippen molar-refractivity contribution in [2.24, 2.45) is 0 Å². The van der Waals surface area contributed by atoms with Crippen LogP contribution < -0.4 is 10.2 Å². The van der Waals surface area contributed by atoms with E-state index in [9.17, 15) is 26.4 Å². The number of amides is 1. The molecule has 0 fully saturated rings. The number of carbonyl (C=O) groups excluding carboxylic acids is 1. The van der Waals surface area contributed by atoms with Gasteiger partial charge in [-0.05, 0) is 59.7 Å². The van der Waals surface area contributed by atoms with Gasteiger partial charge in [0.15, 0.2) is 0 Å². The highest BCUT2D eigenvalue weighted by Crippen LogP contribution is 2.31. The summed E-state index contributed by atoms with van der Waals surface area (Å²) in [6, 6.07) is 15.1. The molecule has 0 spiro atoms. The van der Waals surface area contributed by atoms with E-state index in [0.29, 0.717) is 30.5 Å². The van der Waals surface area contributed by atoms with E-state index in [0.717, 1.165) is 23.3 Å². The first kappa shape index (κ1) is 25.5. The number of carbonyl (C=O) groups is 1. The maximum Gasteiger partial charge on any atom is 0.501 e. The molecular formula is C24H20ClF3N4O3S. The average Bonchev–Trinajstić information content (AvgIpc) is 3.31. The minimum absolute atomic E-state index is 0.267. The molecule has 0 radical (unpaired) electrons. The van der Waals surface area contributed by atoms with Gasteiger partial charge >= 0.3 is 5.51 Å². The number of benzene rings is 2. The molecule has 7 nitrogen and oxygen atoms in total. The molecule has 2 aromatic carbocycles. The molecule has 1 N–H and O–H groups in total. The number of pyridine rings is 1. The molecule has 12 heteroatoms. The topological polar surface area (TPSA) is 82.6 Å². The second-order valence-corrected chi connectivity index (χ2v) is 10.3. The number of anilines is 1. The van der Waals surface area contributed by atoms with Gasteiger partial charge in [-0.15, -0.1) is 0 Å². The van der Waals surface area contributed by atoms with E-state index in [1.807, 2.05) is 17.0 Å². The third-order valence-corrected chi connectivity index (χ3v) is 7.14. The van der Waals surface area contributed by atoms with Crippen molar-refractivity contribution in [2.75, 3.05) is 11.6 Å². The van der Waals surface area contributed by atoms with E-state index in [-0.39, 0.29) is 11.6 Å². The molecule has 4 rings (SSSR count). The summed E-state index contributed by atoms with van der Waals surface area (Å²) in [5, 5.41) is 3.43. The van der Waals surface area contributed by atoms with Gasteiger partial charge in [0, 0.05) is 42.4 Å². The van der Waals surface area contributed by atoms with Crippen LogP contribution in [0.2, 0.25) is 5.02 Å². The number of nitrogens with zero attached hydrogens (tertiary/aromatic N) is 3. The molecule has 0 bridgehead atoms. The van der Waals surface area contributed by atoms with Gasteiger partial charge in [0.25, 0.3) is 15.7 Å². The Morgan fingerprint density at radius 3 is 2.36 bits per heavy atom. The quantitative estimate of drug-likeness (QED) is 0.471. The van der Waals surface area contributed by atoms with Crippen molar-refractivity contribution in [3.05, 3.63) is 101 Å². The summed E-state index contributed by atoms with van der Waals surface area (Å²) >= 11 is 5.87. The molecular weight excluding hydrogens is 517 g/mol. The Morgan fingerprint density at radius 2 is 1.69 bits per heavy atom. The minimum Gasteiger partial charge on any atom is -0.354 e. The Hall–Kier alpha value is -3.57. The Bertz CT molecular complexity index is 1380. The van der Waals surface area contributed by atoms with E-state index in [1.165, 1.54) is 12.1 Å². The lowest BCUT2D eigenvalue weighted by molar-refractivity contribution is -0.0436. The maximum atomic E-state index is 12.7. The highest BCUT2D eigenvalue weighted by molar-refractivity contribution is 7.92. The third kappa shape index (κ3) is 5.80. The molecule has 1 amide bonds. The van der Waals surface area contributed by atoms with Crippen molar-refractivity contribution in [3.63, 3.8) is 0 Å². The van der Waals surface area contributed by atoms with Crippen molar-refractivity contribution < 1.29 is 26.4 Å². The zero-order valence-corrected chi connectivity index (χ0v) is 20.2. The number of halogens is 4. The molecule has 188 valence electrons. The third-order valence-electron chi connectivity index (χ3n) is 5.38. The predicted octanol–water partition coefficient (Wildman–Crippen LogP) is 4.71. The van der Waals surface area contributed by atoms with Crippen LogP contribution in [0.4, 0.5) is 18.9 Å². The van der Waals surface area contributed by atoms with Crippen LogP contribution in [0.5, 0.6) is 0 Å². The first-order valence-corrected chi connectivity index (χ1v) is 12.5. The van der Waals surface area contributed by atoms with Gasteiger partial charge in [0.2, 0.25) is 0 Å². The normalized spacial score (nSPS) is 13.8. The maximum absolute atomic E-state index is 12.7. The summed E-state index contributed by atoms with van der Waals surface area (Å²) in [7, 11) is -5.39. The Kier molecular flexibility index (Phi) is 7.23. The van der Waals surface area contributed by atoms with Crippen LogP contribution in [0.3, 0.4) is 0 Å². The van der Waals surface area contributed by atoms with Crippen LogP contribution in [0.1, 0.15) is 21.6 Å². The van der Waals surface area contributed by atoms with Crippen LogP contribution >= 0.6 is 11.6 Å². The molecule has 1 aliphatic rings. The fourth-order valence-electron chi connectivity index (χ4n) is 3.49. The van der Waals surface area contributed by atoms with E-state index in [4.69, 9.17) is 11.6 Å². The number of hydrogen-bond donors (Lipinski definition) is 1. The molecule has 3 aromatic rings. The highest BCUT2D eigenvalue weighted by atomic mass is 35.5. The number of rotatable bonds is 7. The van der Waals surface area contributed by atoms with Gasteiger partial charge in [-0.25, -0.2) is 8.42 Å². The second-order valence-electron chi connectivity index (χ2n) is 7.96. The summed E-state index contributed by atoms with van der Waals surface area (Å²) in [5.74, 6) is -0.320. The van der Waals surface area contributed by atoms with E-state index < -0.39 is 20.2 Å². The van der Waals surface area contributed by atoms with Gasteiger partial charge in [-0.1, -0.05) is 23.7 Å². The molecule has 0 saturated heterocycles. The van der Waals surface area contributed by atoms with Crippen LogP contribution in [-0.2, 0) is 22.9 Å². The van der Waals surface area contributed by atoms with Crippen molar-refractivity contribution >= 4 is 33.0 Å². The standard InChI is InChI=1S/C24H20ClF3N4O3S/c25-19-3-1-17(2-4-19)14-30-23(33)22-13-18(9-10-29-22)15-31-11-12-32(16-31)20-5-7-21(8-6-20)36(34,35)24(26,27)28/h1-13H,14-16H2,(H,30,33). The van der Waals surface area contributed by atoms with Crippen molar-refractivity contribution in [3.8, 4) is 0 Å². The molecule has 1 aliphatic heterocycles. The lowest BCUT2D eigenvalue weighted by atomic mass is 10.2. The van der Waals surface area contributed by atoms with Gasteiger partial charge in [-0.3, -0.25) is 9.78 Å². The molecule has 2 heterocycles. The lowest BCUT2D eigenvalue weighted by Crippen LogP contribution is -2.26. The number of aromatic nitrogens is 1. The molecule has 0 atom stereocenters. The second kappa shape index (κ2) is 10.2. The predicted molar refractivity (Wildman–Crippen MR) is 129 cm³/mol. The molecule has 0 saturated carbocycles. The van der Waals surface area contributed by atoms with Crippen molar-refractivity contribution in [1.82, 2.24) is 15.2 Å². The number of sulfone groups is 1. The summed E-state index contributed by atoms with van der Waals surface area (Å²) in [4.78, 5) is 19.5. The van der Waals surface area contributed by atoms with Gasteiger partial charge in [0.05, 0.1) is 11.6 Å². The first-order valence-electron chi connectivity index (χ1n) is 10.6. The summed E-state index contributed by atoms with van der Waals surface area (Å²) in [6.45, 7) is 1.16. The number of nitrogens with one attached hydrogen (secondary N) is 1. The van der Waals surface area contributed by atoms with E-state index >= 15 is 0 Å². The highest BCUT2D eigenvalue weighted by Gasteiger charge is 2.46. The van der Waals surface area contributed by atoms with Crippen LogP contribution in [0, 0.1) is 0 Å². The van der Waals surface area contributed by atoms with E-state index in [1.54, 1.807) is 47.8 Å². The number of alkyl halides is 3. The van der Waals surface area contributed by atoms with Crippen LogP contribution in [-0.4, -0.2) is 36.4 Å². The Balaban J connectivity index is 1.35. The molecule has 0 aliphatic carbocycles. The summed E-state index contributed by atoms with van der Waals surface area (Å²) in [5.41, 5.74) is -2.82. The summed E-state index contributed by atoms with van der Waals surface area (Å²) < 4.78 is 61.3. The monoisotopic (exact) mass is 536 g/mol. The Morgan fingerprint density at radius 1 is 1.00 bits per heavy atom.